The van der Waals surface area contributed by atoms with Gasteiger partial charge in [-0.15, -0.1) is 0 Å². The van der Waals surface area contributed by atoms with Crippen molar-refractivity contribution in [2.75, 3.05) is 24.9 Å². The molecule has 2 N–H and O–H groups in total. The monoisotopic (exact) mass is 541 g/mol. The summed E-state index contributed by atoms with van der Waals surface area (Å²) in [5.74, 6) is -3.64. The van der Waals surface area contributed by atoms with Gasteiger partial charge in [0, 0.05) is 11.8 Å². The lowest BCUT2D eigenvalue weighted by atomic mass is 10.1. The van der Waals surface area contributed by atoms with Crippen molar-refractivity contribution >= 4 is 47.5 Å². The number of benzene rings is 2. The Morgan fingerprint density at radius 3 is 2.41 bits per heavy atom. The maximum absolute atomic E-state index is 14.2. The summed E-state index contributed by atoms with van der Waals surface area (Å²) in [6.07, 6.45) is -0.344. The summed E-state index contributed by atoms with van der Waals surface area (Å²) in [5, 5.41) is 11.8. The Kier molecular flexibility index (Phi) is 8.38. The normalized spacial score (nSPS) is 11.3. The number of aromatic carboxylic acids is 1. The van der Waals surface area contributed by atoms with E-state index >= 15 is 0 Å². The third-order valence-electron chi connectivity index (χ3n) is 3.56. The van der Waals surface area contributed by atoms with Crippen LogP contribution in [0, 0.1) is 15.2 Å². The SMILES string of the molecule is CCOP(=O)(COc1cc(Nc2c(C(=O)O)ccc(F)c2F)ccc1I)OCC. The maximum atomic E-state index is 14.2. The molecular weight excluding hydrogens is 522 g/mol. The van der Waals surface area contributed by atoms with Crippen LogP contribution in [0.15, 0.2) is 30.3 Å². The predicted octanol–water partition coefficient (Wildman–Crippen LogP) is 5.61. The van der Waals surface area contributed by atoms with Crippen LogP contribution < -0.4 is 10.1 Å². The van der Waals surface area contributed by atoms with Gasteiger partial charge in [-0.25, -0.2) is 13.6 Å². The van der Waals surface area contributed by atoms with Gasteiger partial charge in [-0.3, -0.25) is 4.57 Å². The molecule has 0 heterocycles. The number of carbonyl (C=O) groups is 1. The van der Waals surface area contributed by atoms with Gasteiger partial charge in [0.2, 0.25) is 0 Å². The van der Waals surface area contributed by atoms with Crippen LogP contribution in [0.25, 0.3) is 0 Å². The minimum Gasteiger partial charge on any atom is -0.480 e. The molecule has 0 fully saturated rings. The molecule has 2 aromatic carbocycles. The Morgan fingerprint density at radius 2 is 1.83 bits per heavy atom. The van der Waals surface area contributed by atoms with Crippen LogP contribution in [0.1, 0.15) is 24.2 Å². The maximum Gasteiger partial charge on any atom is 0.367 e. The Bertz CT molecular complexity index is 933. The van der Waals surface area contributed by atoms with Gasteiger partial charge in [-0.1, -0.05) is 0 Å². The van der Waals surface area contributed by atoms with Crippen LogP contribution in [0.5, 0.6) is 5.75 Å². The molecular formula is C18H19F2INO6P. The highest BCUT2D eigenvalue weighted by atomic mass is 127. The molecule has 11 heteroatoms. The zero-order valence-corrected chi connectivity index (χ0v) is 18.6. The number of halogens is 3. The number of hydrogen-bond donors (Lipinski definition) is 2. The van der Waals surface area contributed by atoms with Gasteiger partial charge >= 0.3 is 13.6 Å². The number of ether oxygens (including phenoxy) is 1. The standard InChI is InChI=1S/C18H19F2INO6P/c1-3-27-29(25,28-4-2)10-26-15-9-11(5-8-14(15)21)22-17-12(18(23)24)6-7-13(19)16(17)20/h5-9,22H,3-4,10H2,1-2H3,(H,23,24). The average molecular weight is 541 g/mol. The first-order chi connectivity index (χ1) is 13.7. The summed E-state index contributed by atoms with van der Waals surface area (Å²) >= 11 is 1.98. The minimum atomic E-state index is -3.45. The minimum absolute atomic E-state index is 0.177. The first-order valence-corrected chi connectivity index (χ1v) is 11.3. The Morgan fingerprint density at radius 1 is 1.17 bits per heavy atom. The fourth-order valence-corrected chi connectivity index (χ4v) is 4.14. The van der Waals surface area contributed by atoms with Crippen molar-refractivity contribution in [2.24, 2.45) is 0 Å². The summed E-state index contributed by atoms with van der Waals surface area (Å²) < 4.78 is 56.8. The molecule has 2 rings (SSSR count). The van der Waals surface area contributed by atoms with Gasteiger partial charge in [-0.05, 0) is 60.7 Å². The van der Waals surface area contributed by atoms with Gasteiger partial charge in [-0.2, -0.15) is 0 Å². The Labute approximate surface area is 180 Å². The second-order valence-electron chi connectivity index (χ2n) is 5.58. The van der Waals surface area contributed by atoms with E-state index in [1.807, 2.05) is 22.6 Å². The molecule has 0 spiro atoms. The molecule has 0 radical (unpaired) electrons. The lowest BCUT2D eigenvalue weighted by Crippen LogP contribution is -2.08. The van der Waals surface area contributed by atoms with Crippen LogP contribution in [-0.2, 0) is 13.6 Å². The zero-order valence-electron chi connectivity index (χ0n) is 15.6. The number of hydrogen-bond acceptors (Lipinski definition) is 6. The fraction of sp³-hybridized carbons (Fsp3) is 0.278. The van der Waals surface area contributed by atoms with E-state index in [2.05, 4.69) is 5.32 Å². The van der Waals surface area contributed by atoms with Gasteiger partial charge < -0.3 is 24.2 Å². The fourth-order valence-electron chi connectivity index (χ4n) is 2.34. The third-order valence-corrected chi connectivity index (χ3v) is 6.20. The van der Waals surface area contributed by atoms with Gasteiger partial charge in [0.1, 0.15) is 5.75 Å². The molecule has 0 saturated carbocycles. The molecule has 2 aromatic rings. The van der Waals surface area contributed by atoms with Crippen LogP contribution in [0.3, 0.4) is 0 Å². The number of rotatable bonds is 10. The molecule has 0 atom stereocenters. The molecule has 0 aromatic heterocycles. The highest BCUT2D eigenvalue weighted by Crippen LogP contribution is 2.48. The van der Waals surface area contributed by atoms with Gasteiger partial charge in [0.25, 0.3) is 0 Å². The lowest BCUT2D eigenvalue weighted by Gasteiger charge is -2.18. The molecule has 0 aliphatic carbocycles. The van der Waals surface area contributed by atoms with Gasteiger partial charge in [0.05, 0.1) is 28.0 Å². The van der Waals surface area contributed by atoms with Crippen LogP contribution in [0.4, 0.5) is 20.2 Å². The first-order valence-electron chi connectivity index (χ1n) is 8.49. The Balaban J connectivity index is 2.29. The summed E-state index contributed by atoms with van der Waals surface area (Å²) in [4.78, 5) is 11.3. The summed E-state index contributed by atoms with van der Waals surface area (Å²) in [6.45, 7) is 3.70. The van der Waals surface area contributed by atoms with Crippen molar-refractivity contribution in [3.05, 3.63) is 51.1 Å². The topological polar surface area (TPSA) is 94.1 Å². The van der Waals surface area contributed by atoms with E-state index in [1.165, 1.54) is 12.1 Å². The van der Waals surface area contributed by atoms with E-state index in [9.17, 15) is 23.2 Å². The van der Waals surface area contributed by atoms with E-state index < -0.39 is 36.5 Å². The molecule has 0 aliphatic heterocycles. The van der Waals surface area contributed by atoms with Crippen molar-refractivity contribution in [3.63, 3.8) is 0 Å². The number of carboxylic acids is 1. The second-order valence-corrected chi connectivity index (χ2v) is 8.74. The number of anilines is 2. The van der Waals surface area contributed by atoms with Crippen molar-refractivity contribution in [2.45, 2.75) is 13.8 Å². The first kappa shape index (κ1) is 23.5. The quantitative estimate of drug-likeness (QED) is 0.298. The van der Waals surface area contributed by atoms with Gasteiger partial charge in [0.15, 0.2) is 18.0 Å². The Hall–Kier alpha value is -1.75. The van der Waals surface area contributed by atoms with E-state index in [1.54, 1.807) is 19.9 Å². The number of nitrogens with one attached hydrogen (secondary N) is 1. The zero-order chi connectivity index (χ0) is 21.6. The van der Waals surface area contributed by atoms with Crippen LogP contribution in [-0.4, -0.2) is 30.6 Å². The summed E-state index contributed by atoms with van der Waals surface area (Å²) in [7, 11) is -3.45. The smallest absolute Gasteiger partial charge is 0.367 e. The molecule has 0 unspecified atom stereocenters. The highest BCUT2D eigenvalue weighted by Gasteiger charge is 2.25. The van der Waals surface area contributed by atoms with E-state index in [0.29, 0.717) is 3.57 Å². The molecule has 0 amide bonds. The van der Waals surface area contributed by atoms with Crippen molar-refractivity contribution in [1.29, 1.82) is 0 Å². The predicted molar refractivity (Wildman–Crippen MR) is 112 cm³/mol. The highest BCUT2D eigenvalue weighted by molar-refractivity contribution is 14.1. The van der Waals surface area contributed by atoms with Crippen molar-refractivity contribution < 1.29 is 37.0 Å². The molecule has 0 bridgehead atoms. The largest absolute Gasteiger partial charge is 0.480 e. The van der Waals surface area contributed by atoms with Crippen LogP contribution in [0.2, 0.25) is 0 Å². The molecule has 0 aliphatic rings. The molecule has 29 heavy (non-hydrogen) atoms. The molecule has 158 valence electrons. The average Bonchev–Trinajstić information content (AvgIpc) is 2.66. The third kappa shape index (κ3) is 6.11. The summed E-state index contributed by atoms with van der Waals surface area (Å²) in [5.41, 5.74) is -0.698. The van der Waals surface area contributed by atoms with E-state index in [0.717, 1.165) is 12.1 Å². The van der Waals surface area contributed by atoms with Crippen molar-refractivity contribution in [1.82, 2.24) is 0 Å². The van der Waals surface area contributed by atoms with E-state index in [4.69, 9.17) is 13.8 Å². The number of carboxylic acid groups (broad SMARTS) is 1. The van der Waals surface area contributed by atoms with E-state index in [-0.39, 0.29) is 31.0 Å². The molecule has 7 nitrogen and oxygen atoms in total. The summed E-state index contributed by atoms with van der Waals surface area (Å²) in [6, 6.07) is 6.30. The second kappa shape index (κ2) is 10.3. The van der Waals surface area contributed by atoms with Crippen molar-refractivity contribution in [3.8, 4) is 5.75 Å². The molecule has 0 saturated heterocycles. The lowest BCUT2D eigenvalue weighted by molar-refractivity contribution is 0.0697. The van der Waals surface area contributed by atoms with Crippen LogP contribution >= 0.6 is 30.2 Å².